The number of guanidine groups is 1. The van der Waals surface area contributed by atoms with E-state index in [1.54, 1.807) is 20.2 Å². The average molecular weight is 344 g/mol. The van der Waals surface area contributed by atoms with Gasteiger partial charge in [0.15, 0.2) is 5.96 Å². The highest BCUT2D eigenvalue weighted by atomic mass is 16.5. The van der Waals surface area contributed by atoms with E-state index in [9.17, 15) is 4.79 Å². The van der Waals surface area contributed by atoms with Crippen LogP contribution in [0.4, 0.5) is 0 Å². The molecule has 1 aromatic rings. The van der Waals surface area contributed by atoms with Crippen LogP contribution in [-0.4, -0.2) is 50.6 Å². The second-order valence-corrected chi connectivity index (χ2v) is 5.82. The zero-order valence-electron chi connectivity index (χ0n) is 15.3. The number of nitrogens with one attached hydrogen (secondary N) is 2. The van der Waals surface area contributed by atoms with E-state index in [2.05, 4.69) is 28.8 Å². The lowest BCUT2D eigenvalue weighted by Gasteiger charge is -2.15. The molecule has 1 aromatic carbocycles. The standard InChI is InChI=1S/C19H28N4O2/c1-6-11-25-17-10-8-7-9-16(17)13-21-19(20-12-15(2)3)22-14-18(24)23(4)5/h6-10H,1-2,11-14H2,3-5H3,(H2,20,21,22). The summed E-state index contributed by atoms with van der Waals surface area (Å²) in [6.45, 7) is 11.1. The van der Waals surface area contributed by atoms with Crippen molar-refractivity contribution in [2.24, 2.45) is 4.99 Å². The Labute approximate surface area is 150 Å². The van der Waals surface area contributed by atoms with Crippen molar-refractivity contribution in [3.8, 4) is 5.75 Å². The first-order chi connectivity index (χ1) is 11.9. The number of para-hydroxylation sites is 1. The van der Waals surface area contributed by atoms with Gasteiger partial charge < -0.3 is 20.3 Å². The predicted octanol–water partition coefficient (Wildman–Crippen LogP) is 1.95. The van der Waals surface area contributed by atoms with E-state index in [1.165, 1.54) is 4.90 Å². The van der Waals surface area contributed by atoms with Gasteiger partial charge >= 0.3 is 0 Å². The number of likely N-dealkylation sites (N-methyl/N-ethyl adjacent to an activating group) is 1. The van der Waals surface area contributed by atoms with E-state index in [4.69, 9.17) is 4.74 Å². The van der Waals surface area contributed by atoms with Crippen LogP contribution in [-0.2, 0) is 11.3 Å². The van der Waals surface area contributed by atoms with Crippen molar-refractivity contribution in [1.82, 2.24) is 15.5 Å². The van der Waals surface area contributed by atoms with E-state index in [0.717, 1.165) is 16.9 Å². The SMILES string of the molecule is C=CCOc1ccccc1CN=C(NCC(=C)C)NCC(=O)N(C)C. The first-order valence-corrected chi connectivity index (χ1v) is 8.12. The summed E-state index contributed by atoms with van der Waals surface area (Å²) in [6, 6.07) is 7.72. The van der Waals surface area contributed by atoms with Crippen LogP contribution in [0.3, 0.4) is 0 Å². The Balaban J connectivity index is 2.81. The Bertz CT molecular complexity index is 624. The first-order valence-electron chi connectivity index (χ1n) is 8.12. The van der Waals surface area contributed by atoms with Crippen molar-refractivity contribution < 1.29 is 9.53 Å². The molecule has 0 saturated heterocycles. The van der Waals surface area contributed by atoms with Crippen LogP contribution in [0, 0.1) is 0 Å². The van der Waals surface area contributed by atoms with E-state index >= 15 is 0 Å². The highest BCUT2D eigenvalue weighted by molar-refractivity contribution is 5.86. The molecule has 1 amide bonds. The number of rotatable bonds is 9. The minimum Gasteiger partial charge on any atom is -0.489 e. The van der Waals surface area contributed by atoms with Crippen molar-refractivity contribution in [3.05, 3.63) is 54.6 Å². The Morgan fingerprint density at radius 1 is 1.28 bits per heavy atom. The molecular weight excluding hydrogens is 316 g/mol. The fraction of sp³-hybridized carbons (Fsp3) is 0.368. The molecule has 6 nitrogen and oxygen atoms in total. The summed E-state index contributed by atoms with van der Waals surface area (Å²) in [4.78, 5) is 17.8. The average Bonchev–Trinajstić information content (AvgIpc) is 2.59. The van der Waals surface area contributed by atoms with Crippen LogP contribution in [0.1, 0.15) is 12.5 Å². The van der Waals surface area contributed by atoms with E-state index in [1.807, 2.05) is 31.2 Å². The van der Waals surface area contributed by atoms with E-state index in [-0.39, 0.29) is 12.5 Å². The first kappa shape index (κ1) is 20.3. The third-order valence-electron chi connectivity index (χ3n) is 3.20. The molecule has 0 spiro atoms. The van der Waals surface area contributed by atoms with Gasteiger partial charge in [0.05, 0.1) is 13.1 Å². The van der Waals surface area contributed by atoms with Gasteiger partial charge in [-0.15, -0.1) is 0 Å². The topological polar surface area (TPSA) is 66.0 Å². The maximum atomic E-state index is 11.8. The van der Waals surface area contributed by atoms with Gasteiger partial charge in [0, 0.05) is 26.2 Å². The number of ether oxygens (including phenoxy) is 1. The van der Waals surface area contributed by atoms with Crippen molar-refractivity contribution in [2.45, 2.75) is 13.5 Å². The van der Waals surface area contributed by atoms with Gasteiger partial charge in [0.1, 0.15) is 12.4 Å². The normalized spacial score (nSPS) is 10.8. The zero-order chi connectivity index (χ0) is 18.7. The largest absolute Gasteiger partial charge is 0.489 e. The maximum absolute atomic E-state index is 11.8. The minimum atomic E-state index is -0.0282. The molecular formula is C19H28N4O2. The molecule has 0 saturated carbocycles. The predicted molar refractivity (Wildman–Crippen MR) is 103 cm³/mol. The number of carbonyl (C=O) groups is 1. The number of benzene rings is 1. The van der Waals surface area contributed by atoms with E-state index < -0.39 is 0 Å². The number of aliphatic imine (C=N–C) groups is 1. The van der Waals surface area contributed by atoms with Crippen LogP contribution in [0.25, 0.3) is 0 Å². The summed E-state index contributed by atoms with van der Waals surface area (Å²) in [6.07, 6.45) is 1.70. The monoisotopic (exact) mass is 344 g/mol. The fourth-order valence-electron chi connectivity index (χ4n) is 1.81. The molecule has 136 valence electrons. The number of hydrogen-bond donors (Lipinski definition) is 2. The Hall–Kier alpha value is -2.76. The molecule has 6 heteroatoms. The minimum absolute atomic E-state index is 0.0282. The van der Waals surface area contributed by atoms with Crippen molar-refractivity contribution >= 4 is 11.9 Å². The van der Waals surface area contributed by atoms with Gasteiger partial charge in [0.2, 0.25) is 5.91 Å². The molecule has 0 aromatic heterocycles. The molecule has 0 aliphatic rings. The second kappa shape index (κ2) is 10.9. The van der Waals surface area contributed by atoms with Gasteiger partial charge in [0.25, 0.3) is 0 Å². The molecule has 0 unspecified atom stereocenters. The number of nitrogens with zero attached hydrogens (tertiary/aromatic N) is 2. The molecule has 0 aliphatic heterocycles. The highest BCUT2D eigenvalue weighted by Gasteiger charge is 2.07. The molecule has 0 fully saturated rings. The molecule has 1 rings (SSSR count). The van der Waals surface area contributed by atoms with Crippen LogP contribution in [0.15, 0.2) is 54.1 Å². The maximum Gasteiger partial charge on any atom is 0.241 e. The fourth-order valence-corrected chi connectivity index (χ4v) is 1.81. The molecule has 0 bridgehead atoms. The molecule has 0 radical (unpaired) electrons. The summed E-state index contributed by atoms with van der Waals surface area (Å²) in [7, 11) is 3.44. The van der Waals surface area contributed by atoms with Gasteiger partial charge in [-0.05, 0) is 13.0 Å². The lowest BCUT2D eigenvalue weighted by Crippen LogP contribution is -2.43. The van der Waals surface area contributed by atoms with Crippen LogP contribution in [0.2, 0.25) is 0 Å². The zero-order valence-corrected chi connectivity index (χ0v) is 15.3. The summed E-state index contributed by atoms with van der Waals surface area (Å²) >= 11 is 0. The Kier molecular flexibility index (Phi) is 8.85. The summed E-state index contributed by atoms with van der Waals surface area (Å²) in [5.41, 5.74) is 1.93. The number of hydrogen-bond acceptors (Lipinski definition) is 3. The molecule has 0 heterocycles. The van der Waals surface area contributed by atoms with Crippen LogP contribution < -0.4 is 15.4 Å². The lowest BCUT2D eigenvalue weighted by atomic mass is 10.2. The van der Waals surface area contributed by atoms with Crippen molar-refractivity contribution in [3.63, 3.8) is 0 Å². The highest BCUT2D eigenvalue weighted by Crippen LogP contribution is 2.18. The molecule has 2 N–H and O–H groups in total. The second-order valence-electron chi connectivity index (χ2n) is 5.82. The Morgan fingerprint density at radius 3 is 2.60 bits per heavy atom. The van der Waals surface area contributed by atoms with E-state index in [0.29, 0.717) is 25.7 Å². The lowest BCUT2D eigenvalue weighted by molar-refractivity contribution is -0.127. The third kappa shape index (κ3) is 8.06. The van der Waals surface area contributed by atoms with Gasteiger partial charge in [-0.2, -0.15) is 0 Å². The van der Waals surface area contributed by atoms with Crippen LogP contribution in [0.5, 0.6) is 5.75 Å². The quantitative estimate of drug-likeness (QED) is 0.408. The summed E-state index contributed by atoms with van der Waals surface area (Å²) < 4.78 is 5.64. The number of amides is 1. The van der Waals surface area contributed by atoms with Crippen LogP contribution >= 0.6 is 0 Å². The summed E-state index contributed by atoms with van der Waals surface area (Å²) in [5.74, 6) is 1.30. The van der Waals surface area contributed by atoms with Gasteiger partial charge in [-0.3, -0.25) is 4.79 Å². The third-order valence-corrected chi connectivity index (χ3v) is 3.20. The van der Waals surface area contributed by atoms with Gasteiger partial charge in [-0.25, -0.2) is 4.99 Å². The van der Waals surface area contributed by atoms with Crippen molar-refractivity contribution in [2.75, 3.05) is 33.8 Å². The number of carbonyl (C=O) groups excluding carboxylic acids is 1. The molecule has 0 atom stereocenters. The molecule has 25 heavy (non-hydrogen) atoms. The molecule has 0 aliphatic carbocycles. The summed E-state index contributed by atoms with van der Waals surface area (Å²) in [5, 5.41) is 6.20. The van der Waals surface area contributed by atoms with Gasteiger partial charge in [-0.1, -0.05) is 43.0 Å². The smallest absolute Gasteiger partial charge is 0.241 e. The Morgan fingerprint density at radius 2 is 1.96 bits per heavy atom. The van der Waals surface area contributed by atoms with Crippen molar-refractivity contribution in [1.29, 1.82) is 0 Å².